The van der Waals surface area contributed by atoms with Gasteiger partial charge >= 0.3 is 0 Å². The van der Waals surface area contributed by atoms with Crippen molar-refractivity contribution in [1.82, 2.24) is 15.1 Å². The summed E-state index contributed by atoms with van der Waals surface area (Å²) in [4.78, 5) is 0. The summed E-state index contributed by atoms with van der Waals surface area (Å²) >= 11 is 0. The summed E-state index contributed by atoms with van der Waals surface area (Å²) in [7, 11) is 0. The van der Waals surface area contributed by atoms with Crippen LogP contribution in [-0.4, -0.2) is 28.0 Å². The van der Waals surface area contributed by atoms with Gasteiger partial charge in [-0.05, 0) is 12.1 Å². The Bertz CT molecular complexity index is 594. The second-order valence-corrected chi connectivity index (χ2v) is 4.66. The van der Waals surface area contributed by atoms with Crippen LogP contribution >= 0.6 is 0 Å². The Balaban J connectivity index is 2.10. The van der Waals surface area contributed by atoms with Crippen molar-refractivity contribution in [2.24, 2.45) is 0 Å². The van der Waals surface area contributed by atoms with Gasteiger partial charge in [-0.15, -0.1) is 0 Å². The molecule has 0 fully saturated rings. The lowest BCUT2D eigenvalue weighted by atomic mass is 10.0. The lowest BCUT2D eigenvalue weighted by Crippen LogP contribution is -2.25. The van der Waals surface area contributed by atoms with Crippen LogP contribution in [0.15, 0.2) is 24.3 Å². The van der Waals surface area contributed by atoms with Crippen LogP contribution in [0.1, 0.15) is 11.3 Å². The van der Waals surface area contributed by atoms with E-state index in [0.29, 0.717) is 6.54 Å². The Kier molecular flexibility index (Phi) is 3.31. The predicted octanol–water partition coefficient (Wildman–Crippen LogP) is 1.33. The molecule has 0 saturated heterocycles. The van der Waals surface area contributed by atoms with Gasteiger partial charge in [-0.25, -0.2) is 4.39 Å². The Morgan fingerprint density at radius 2 is 2.32 bits per heavy atom. The minimum Gasteiger partial charge on any atom is -0.394 e. The first-order chi connectivity index (χ1) is 9.29. The van der Waals surface area contributed by atoms with E-state index in [-0.39, 0.29) is 12.4 Å². The van der Waals surface area contributed by atoms with E-state index in [1.165, 1.54) is 12.1 Å². The molecule has 0 atom stereocenters. The zero-order chi connectivity index (χ0) is 13.2. The summed E-state index contributed by atoms with van der Waals surface area (Å²) in [5, 5.41) is 17.0. The van der Waals surface area contributed by atoms with Crippen LogP contribution in [0.3, 0.4) is 0 Å². The van der Waals surface area contributed by atoms with Gasteiger partial charge in [-0.1, -0.05) is 12.1 Å². The molecule has 0 unspecified atom stereocenters. The summed E-state index contributed by atoms with van der Waals surface area (Å²) in [6, 6.07) is 6.49. The van der Waals surface area contributed by atoms with Crippen molar-refractivity contribution in [3.8, 4) is 11.3 Å². The van der Waals surface area contributed by atoms with Crippen molar-refractivity contribution in [3.63, 3.8) is 0 Å². The van der Waals surface area contributed by atoms with E-state index in [0.717, 1.165) is 42.0 Å². The molecule has 19 heavy (non-hydrogen) atoms. The second kappa shape index (κ2) is 5.11. The molecule has 3 rings (SSSR count). The number of hydrogen-bond donors (Lipinski definition) is 2. The summed E-state index contributed by atoms with van der Waals surface area (Å²) in [6.45, 7) is 2.20. The molecular formula is C14H16FN3O. The minimum atomic E-state index is -0.258. The maximum atomic E-state index is 13.3. The first-order valence-electron chi connectivity index (χ1n) is 6.45. The van der Waals surface area contributed by atoms with Crippen LogP contribution in [-0.2, 0) is 19.5 Å². The van der Waals surface area contributed by atoms with Gasteiger partial charge in [0.25, 0.3) is 0 Å². The molecule has 2 N–H and O–H groups in total. The van der Waals surface area contributed by atoms with Crippen molar-refractivity contribution in [2.45, 2.75) is 19.5 Å². The van der Waals surface area contributed by atoms with Crippen LogP contribution in [0.2, 0.25) is 0 Å². The normalized spacial score (nSPS) is 14.4. The Labute approximate surface area is 110 Å². The Morgan fingerprint density at radius 3 is 3.11 bits per heavy atom. The van der Waals surface area contributed by atoms with Crippen LogP contribution in [0, 0.1) is 5.82 Å². The molecule has 2 heterocycles. The first kappa shape index (κ1) is 12.3. The second-order valence-electron chi connectivity index (χ2n) is 4.66. The Morgan fingerprint density at radius 1 is 1.42 bits per heavy atom. The van der Waals surface area contributed by atoms with Crippen LogP contribution in [0.5, 0.6) is 0 Å². The molecule has 1 aromatic heterocycles. The molecule has 100 valence electrons. The third-order valence-electron chi connectivity index (χ3n) is 3.42. The summed E-state index contributed by atoms with van der Waals surface area (Å²) in [6.07, 6.45) is 0.887. The number of nitrogens with zero attached hydrogens (tertiary/aromatic N) is 2. The molecule has 4 nitrogen and oxygen atoms in total. The van der Waals surface area contributed by atoms with E-state index in [1.54, 1.807) is 6.07 Å². The monoisotopic (exact) mass is 261 g/mol. The van der Waals surface area contributed by atoms with E-state index in [4.69, 9.17) is 5.11 Å². The molecule has 1 aromatic carbocycles. The number of aliphatic hydroxyl groups is 1. The lowest BCUT2D eigenvalue weighted by Gasteiger charge is -2.15. The van der Waals surface area contributed by atoms with Crippen molar-refractivity contribution in [3.05, 3.63) is 41.3 Å². The highest BCUT2D eigenvalue weighted by Crippen LogP contribution is 2.28. The number of halogens is 1. The highest BCUT2D eigenvalue weighted by atomic mass is 19.1. The largest absolute Gasteiger partial charge is 0.394 e. The molecule has 0 radical (unpaired) electrons. The molecule has 2 aromatic rings. The maximum absolute atomic E-state index is 13.3. The number of benzene rings is 1. The fourth-order valence-electron chi connectivity index (χ4n) is 2.57. The number of aliphatic hydroxyl groups excluding tert-OH is 1. The zero-order valence-corrected chi connectivity index (χ0v) is 10.6. The lowest BCUT2D eigenvalue weighted by molar-refractivity contribution is 0.267. The summed E-state index contributed by atoms with van der Waals surface area (Å²) in [5.41, 5.74) is 3.86. The summed E-state index contributed by atoms with van der Waals surface area (Å²) in [5.74, 6) is -0.258. The van der Waals surface area contributed by atoms with Crippen molar-refractivity contribution in [2.75, 3.05) is 13.2 Å². The number of rotatable bonds is 3. The topological polar surface area (TPSA) is 50.1 Å². The Hall–Kier alpha value is -1.72. The zero-order valence-electron chi connectivity index (χ0n) is 10.6. The van der Waals surface area contributed by atoms with Gasteiger partial charge in [0.05, 0.1) is 18.8 Å². The van der Waals surface area contributed by atoms with Crippen molar-refractivity contribution in [1.29, 1.82) is 0 Å². The molecule has 0 spiro atoms. The van der Waals surface area contributed by atoms with Crippen LogP contribution in [0.25, 0.3) is 11.3 Å². The van der Waals surface area contributed by atoms with E-state index >= 15 is 0 Å². The quantitative estimate of drug-likeness (QED) is 0.876. The van der Waals surface area contributed by atoms with Crippen LogP contribution in [0.4, 0.5) is 4.39 Å². The highest BCUT2D eigenvalue weighted by Gasteiger charge is 2.21. The number of fused-ring (bicyclic) bond motifs is 1. The summed E-state index contributed by atoms with van der Waals surface area (Å²) < 4.78 is 15.2. The van der Waals surface area contributed by atoms with Crippen LogP contribution < -0.4 is 5.32 Å². The van der Waals surface area contributed by atoms with E-state index in [2.05, 4.69) is 10.4 Å². The van der Waals surface area contributed by atoms with Gasteiger partial charge < -0.3 is 10.4 Å². The fourth-order valence-corrected chi connectivity index (χ4v) is 2.57. The molecular weight excluding hydrogens is 245 g/mol. The van der Waals surface area contributed by atoms with Gasteiger partial charge in [0.2, 0.25) is 0 Å². The standard InChI is InChI=1S/C14H16FN3O/c15-11-3-1-2-10(8-11)14-12-9-16-5-4-13(12)18(17-14)6-7-19/h1-3,8,16,19H,4-7,9H2. The predicted molar refractivity (Wildman–Crippen MR) is 70.1 cm³/mol. The van der Waals surface area contributed by atoms with Gasteiger partial charge in [-0.2, -0.15) is 5.10 Å². The first-order valence-corrected chi connectivity index (χ1v) is 6.45. The minimum absolute atomic E-state index is 0.0597. The number of hydrogen-bond acceptors (Lipinski definition) is 3. The van der Waals surface area contributed by atoms with Crippen molar-refractivity contribution < 1.29 is 9.50 Å². The molecule has 1 aliphatic rings. The molecule has 0 amide bonds. The average molecular weight is 261 g/mol. The highest BCUT2D eigenvalue weighted by molar-refractivity contribution is 5.64. The average Bonchev–Trinajstić information content (AvgIpc) is 2.79. The smallest absolute Gasteiger partial charge is 0.123 e. The van der Waals surface area contributed by atoms with E-state index in [9.17, 15) is 4.39 Å². The van der Waals surface area contributed by atoms with Gasteiger partial charge in [0.1, 0.15) is 5.82 Å². The van der Waals surface area contributed by atoms with Gasteiger partial charge in [-0.3, -0.25) is 4.68 Å². The molecule has 0 aliphatic carbocycles. The van der Waals surface area contributed by atoms with E-state index < -0.39 is 0 Å². The maximum Gasteiger partial charge on any atom is 0.123 e. The fraction of sp³-hybridized carbons (Fsp3) is 0.357. The SMILES string of the molecule is OCCn1nc(-c2cccc(F)c2)c2c1CCNC2. The van der Waals surface area contributed by atoms with Gasteiger partial charge in [0, 0.05) is 36.3 Å². The van der Waals surface area contributed by atoms with Crippen molar-refractivity contribution >= 4 is 0 Å². The van der Waals surface area contributed by atoms with E-state index in [1.807, 2.05) is 10.7 Å². The molecule has 5 heteroatoms. The van der Waals surface area contributed by atoms with Gasteiger partial charge in [0.15, 0.2) is 0 Å². The molecule has 1 aliphatic heterocycles. The molecule has 0 saturated carbocycles. The third-order valence-corrected chi connectivity index (χ3v) is 3.42. The third kappa shape index (κ3) is 2.27. The number of nitrogens with one attached hydrogen (secondary N) is 1. The molecule has 0 bridgehead atoms. The number of aromatic nitrogens is 2.